The first-order valence-corrected chi connectivity index (χ1v) is 6.01. The van der Waals surface area contributed by atoms with Gasteiger partial charge >= 0.3 is 0 Å². The fraction of sp³-hybridized carbons (Fsp3) is 0.500. The topological polar surface area (TPSA) is 49.5 Å². The van der Waals surface area contributed by atoms with E-state index in [-0.39, 0.29) is 12.1 Å². The molecule has 0 amide bonds. The van der Waals surface area contributed by atoms with Crippen molar-refractivity contribution < 1.29 is 5.11 Å². The smallest absolute Gasteiger partial charge is 0.0610 e. The zero-order valence-corrected chi connectivity index (χ0v) is 11.6. The van der Waals surface area contributed by atoms with E-state index in [2.05, 4.69) is 20.8 Å². The minimum Gasteiger partial charge on any atom is -0.399 e. The molecule has 0 saturated carbocycles. The lowest BCUT2D eigenvalue weighted by Crippen LogP contribution is -2.43. The summed E-state index contributed by atoms with van der Waals surface area (Å²) >= 11 is 3.42. The Bertz CT molecular complexity index is 346. The Kier molecular flexibility index (Phi) is 4.35. The molecule has 1 aromatic rings. The highest BCUT2D eigenvalue weighted by molar-refractivity contribution is 9.10. The quantitative estimate of drug-likeness (QED) is 0.835. The SMILES string of the molecule is CN(Cc1cc(N)cc(Br)c1)C(C)(C)CO. The van der Waals surface area contributed by atoms with Crippen molar-refractivity contribution in [2.45, 2.75) is 25.9 Å². The largest absolute Gasteiger partial charge is 0.399 e. The Morgan fingerprint density at radius 2 is 2.00 bits per heavy atom. The highest BCUT2D eigenvalue weighted by Gasteiger charge is 2.22. The second-order valence-electron chi connectivity index (χ2n) is 4.72. The number of anilines is 1. The molecule has 3 nitrogen and oxygen atoms in total. The van der Waals surface area contributed by atoms with Gasteiger partial charge in [0.25, 0.3) is 0 Å². The third kappa shape index (κ3) is 3.47. The highest BCUT2D eigenvalue weighted by Crippen LogP contribution is 2.21. The minimum absolute atomic E-state index is 0.132. The van der Waals surface area contributed by atoms with Crippen molar-refractivity contribution in [2.24, 2.45) is 0 Å². The van der Waals surface area contributed by atoms with E-state index in [1.54, 1.807) is 0 Å². The molecule has 1 rings (SSSR count). The van der Waals surface area contributed by atoms with E-state index in [1.165, 1.54) is 0 Å². The molecule has 0 aromatic heterocycles. The molecule has 0 heterocycles. The summed E-state index contributed by atoms with van der Waals surface area (Å²) in [5.74, 6) is 0. The molecule has 0 fully saturated rings. The average Bonchev–Trinajstić information content (AvgIpc) is 2.15. The van der Waals surface area contributed by atoms with Gasteiger partial charge in [0.05, 0.1) is 6.61 Å². The molecular formula is C12H19BrN2O. The predicted molar refractivity (Wildman–Crippen MR) is 71.2 cm³/mol. The molecule has 90 valence electrons. The van der Waals surface area contributed by atoms with Crippen molar-refractivity contribution in [3.8, 4) is 0 Å². The molecule has 1 aromatic carbocycles. The fourth-order valence-corrected chi connectivity index (χ4v) is 1.93. The van der Waals surface area contributed by atoms with E-state index in [4.69, 9.17) is 5.73 Å². The minimum atomic E-state index is -0.225. The molecule has 0 spiro atoms. The van der Waals surface area contributed by atoms with Crippen molar-refractivity contribution in [3.05, 3.63) is 28.2 Å². The van der Waals surface area contributed by atoms with Crippen LogP contribution in [0.4, 0.5) is 5.69 Å². The third-order valence-corrected chi connectivity index (χ3v) is 3.28. The van der Waals surface area contributed by atoms with Gasteiger partial charge in [-0.3, -0.25) is 4.90 Å². The molecule has 0 unspecified atom stereocenters. The average molecular weight is 287 g/mol. The number of hydrogen-bond acceptors (Lipinski definition) is 3. The fourth-order valence-electron chi connectivity index (χ4n) is 1.38. The second kappa shape index (κ2) is 5.17. The van der Waals surface area contributed by atoms with Gasteiger partial charge in [0.2, 0.25) is 0 Å². The van der Waals surface area contributed by atoms with Crippen LogP contribution in [-0.2, 0) is 6.54 Å². The predicted octanol–water partition coefficient (Wildman–Crippen LogP) is 2.23. The van der Waals surface area contributed by atoms with Crippen molar-refractivity contribution in [1.82, 2.24) is 4.90 Å². The molecule has 0 aliphatic heterocycles. The van der Waals surface area contributed by atoms with Crippen LogP contribution in [0.15, 0.2) is 22.7 Å². The first-order valence-electron chi connectivity index (χ1n) is 5.22. The third-order valence-electron chi connectivity index (χ3n) is 2.82. The first-order chi connectivity index (χ1) is 7.35. The van der Waals surface area contributed by atoms with E-state index in [1.807, 2.05) is 39.1 Å². The Morgan fingerprint density at radius 3 is 2.50 bits per heavy atom. The van der Waals surface area contributed by atoms with Crippen LogP contribution in [0.1, 0.15) is 19.4 Å². The summed E-state index contributed by atoms with van der Waals surface area (Å²) in [5.41, 5.74) is 7.44. The van der Waals surface area contributed by atoms with E-state index < -0.39 is 0 Å². The van der Waals surface area contributed by atoms with Crippen LogP contribution >= 0.6 is 15.9 Å². The maximum atomic E-state index is 9.28. The van der Waals surface area contributed by atoms with Gasteiger partial charge in [-0.25, -0.2) is 0 Å². The number of likely N-dealkylation sites (N-methyl/N-ethyl adjacent to an activating group) is 1. The summed E-state index contributed by atoms with van der Waals surface area (Å²) in [4.78, 5) is 2.11. The lowest BCUT2D eigenvalue weighted by Gasteiger charge is -2.34. The van der Waals surface area contributed by atoms with Crippen LogP contribution < -0.4 is 5.73 Å². The Hall–Kier alpha value is -0.580. The van der Waals surface area contributed by atoms with Gasteiger partial charge in [0.1, 0.15) is 0 Å². The number of nitrogens with zero attached hydrogens (tertiary/aromatic N) is 1. The lowest BCUT2D eigenvalue weighted by atomic mass is 10.0. The summed E-state index contributed by atoms with van der Waals surface area (Å²) in [5, 5.41) is 9.28. The zero-order valence-electron chi connectivity index (χ0n) is 10.00. The zero-order chi connectivity index (χ0) is 12.3. The Balaban J connectivity index is 2.80. The van der Waals surface area contributed by atoms with Crippen LogP contribution in [-0.4, -0.2) is 29.2 Å². The van der Waals surface area contributed by atoms with Gasteiger partial charge in [0, 0.05) is 22.2 Å². The van der Waals surface area contributed by atoms with Gasteiger partial charge in [-0.1, -0.05) is 15.9 Å². The van der Waals surface area contributed by atoms with Crippen LogP contribution in [0, 0.1) is 0 Å². The molecule has 0 bridgehead atoms. The molecule has 0 aliphatic rings. The van der Waals surface area contributed by atoms with Crippen molar-refractivity contribution in [1.29, 1.82) is 0 Å². The number of rotatable bonds is 4. The molecule has 0 aliphatic carbocycles. The lowest BCUT2D eigenvalue weighted by molar-refractivity contribution is 0.0734. The number of hydrogen-bond donors (Lipinski definition) is 2. The van der Waals surface area contributed by atoms with Gasteiger partial charge in [-0.2, -0.15) is 0 Å². The molecule has 4 heteroatoms. The number of nitrogen functional groups attached to an aromatic ring is 1. The second-order valence-corrected chi connectivity index (χ2v) is 5.64. The summed E-state index contributed by atoms with van der Waals surface area (Å²) in [7, 11) is 1.99. The van der Waals surface area contributed by atoms with Crippen molar-refractivity contribution >= 4 is 21.6 Å². The summed E-state index contributed by atoms with van der Waals surface area (Å²) in [6.07, 6.45) is 0. The van der Waals surface area contributed by atoms with E-state index in [0.717, 1.165) is 22.3 Å². The van der Waals surface area contributed by atoms with Crippen LogP contribution in [0.3, 0.4) is 0 Å². The molecule has 16 heavy (non-hydrogen) atoms. The molecule has 0 radical (unpaired) electrons. The summed E-state index contributed by atoms with van der Waals surface area (Å²) in [6.45, 7) is 4.91. The highest BCUT2D eigenvalue weighted by atomic mass is 79.9. The molecule has 0 saturated heterocycles. The van der Waals surface area contributed by atoms with Gasteiger partial charge < -0.3 is 10.8 Å². The number of aliphatic hydroxyl groups excluding tert-OH is 1. The Morgan fingerprint density at radius 1 is 1.38 bits per heavy atom. The van der Waals surface area contributed by atoms with Crippen LogP contribution in [0.25, 0.3) is 0 Å². The molecule has 3 N–H and O–H groups in total. The number of nitrogens with two attached hydrogens (primary N) is 1. The van der Waals surface area contributed by atoms with Crippen molar-refractivity contribution in [2.75, 3.05) is 19.4 Å². The summed E-state index contributed by atoms with van der Waals surface area (Å²) in [6, 6.07) is 5.87. The van der Waals surface area contributed by atoms with Gasteiger partial charge in [0.15, 0.2) is 0 Å². The summed E-state index contributed by atoms with van der Waals surface area (Å²) < 4.78 is 0.984. The van der Waals surface area contributed by atoms with E-state index in [9.17, 15) is 5.11 Å². The first kappa shape index (κ1) is 13.5. The van der Waals surface area contributed by atoms with Crippen molar-refractivity contribution in [3.63, 3.8) is 0 Å². The molecular weight excluding hydrogens is 268 g/mol. The normalized spacial score (nSPS) is 12.1. The maximum absolute atomic E-state index is 9.28. The monoisotopic (exact) mass is 286 g/mol. The molecule has 0 atom stereocenters. The number of halogens is 1. The van der Waals surface area contributed by atoms with Gasteiger partial charge in [-0.05, 0) is 44.7 Å². The standard InChI is InChI=1S/C12H19BrN2O/c1-12(2,8-16)15(3)7-9-4-10(13)6-11(14)5-9/h4-6,16H,7-8,14H2,1-3H3. The van der Waals surface area contributed by atoms with E-state index >= 15 is 0 Å². The van der Waals surface area contributed by atoms with E-state index in [0.29, 0.717) is 0 Å². The van der Waals surface area contributed by atoms with Crippen LogP contribution in [0.5, 0.6) is 0 Å². The maximum Gasteiger partial charge on any atom is 0.0610 e. The Labute approximate surface area is 105 Å². The number of benzene rings is 1. The van der Waals surface area contributed by atoms with Gasteiger partial charge in [-0.15, -0.1) is 0 Å². The van der Waals surface area contributed by atoms with Crippen LogP contribution in [0.2, 0.25) is 0 Å². The number of aliphatic hydroxyl groups is 1.